The molecular weight excluding hydrogens is 973 g/mol. The molecule has 0 saturated carbocycles. The van der Waals surface area contributed by atoms with E-state index in [1.165, 1.54) is 154 Å². The fraction of sp³-hybridized carbons (Fsp3) is 0.712. The van der Waals surface area contributed by atoms with Crippen molar-refractivity contribution in [2.45, 2.75) is 322 Å². The normalized spacial score (nSPS) is 12.8. The molecule has 0 heterocycles. The monoisotopic (exact) mass is 1100 g/mol. The number of unbranched alkanes of at least 4 members (excludes halogenated alkanes) is 31. The number of esters is 3. The molecule has 452 valence electrons. The third kappa shape index (κ3) is 64.8. The summed E-state index contributed by atoms with van der Waals surface area (Å²) in [4.78, 5) is 38.3. The summed E-state index contributed by atoms with van der Waals surface area (Å²) in [6.07, 6.45) is 91.0. The van der Waals surface area contributed by atoms with Crippen LogP contribution >= 0.6 is 0 Å². The predicted octanol–water partition coefficient (Wildman–Crippen LogP) is 23.0. The van der Waals surface area contributed by atoms with Gasteiger partial charge in [-0.2, -0.15) is 0 Å². The molecule has 0 aromatic rings. The van der Waals surface area contributed by atoms with E-state index in [0.717, 1.165) is 122 Å². The van der Waals surface area contributed by atoms with Crippen LogP contribution in [0, 0.1) is 0 Å². The minimum absolute atomic E-state index is 0.0781. The van der Waals surface area contributed by atoms with E-state index in [1.54, 1.807) is 0 Å². The molecule has 0 saturated heterocycles. The molecule has 0 aliphatic rings. The lowest BCUT2D eigenvalue weighted by molar-refractivity contribution is -0.167. The largest absolute Gasteiger partial charge is 0.462 e. The Bertz CT molecular complexity index is 1590. The van der Waals surface area contributed by atoms with Crippen LogP contribution < -0.4 is 0 Å². The van der Waals surface area contributed by atoms with Gasteiger partial charge in [-0.15, -0.1) is 0 Å². The molecule has 0 aliphatic heterocycles. The van der Waals surface area contributed by atoms with E-state index >= 15 is 0 Å². The highest BCUT2D eigenvalue weighted by molar-refractivity contribution is 5.71. The van der Waals surface area contributed by atoms with Crippen molar-refractivity contribution >= 4 is 17.9 Å². The second kappa shape index (κ2) is 66.6. The summed E-state index contributed by atoms with van der Waals surface area (Å²) in [5.41, 5.74) is 0. The molecule has 0 amide bonds. The number of rotatable bonds is 60. The van der Waals surface area contributed by atoms with Gasteiger partial charge in [-0.3, -0.25) is 14.4 Å². The average molecular weight is 1100 g/mol. The highest BCUT2D eigenvalue weighted by Crippen LogP contribution is 2.17. The second-order valence-electron chi connectivity index (χ2n) is 22.0. The molecule has 0 radical (unpaired) electrons. The zero-order valence-electron chi connectivity index (χ0n) is 51.9. The Morgan fingerprint density at radius 3 is 0.772 bits per heavy atom. The molecule has 0 bridgehead atoms. The van der Waals surface area contributed by atoms with E-state index in [1.807, 2.05) is 0 Å². The van der Waals surface area contributed by atoms with E-state index in [2.05, 4.69) is 130 Å². The van der Waals surface area contributed by atoms with Crippen molar-refractivity contribution in [3.63, 3.8) is 0 Å². The maximum absolute atomic E-state index is 12.9. The van der Waals surface area contributed by atoms with Crippen molar-refractivity contribution < 1.29 is 28.6 Å². The minimum atomic E-state index is -0.782. The van der Waals surface area contributed by atoms with Gasteiger partial charge in [-0.25, -0.2) is 0 Å². The standard InChI is InChI=1S/C73H124O6/c1-4-7-10-13-16-19-22-24-26-28-30-32-34-36-38-40-42-44-46-48-51-54-57-60-63-66-72(75)78-69-70(68-77-71(74)65-62-59-56-53-50-21-18-15-12-9-6-3)79-73(76)67-64-61-58-55-52-49-47-45-43-41-39-37-35-33-31-29-27-25-23-20-17-14-11-8-5-2/h7-8,10-11,16-17,19-20,24-27,30-33,36,38,70H,4-6,9,12-15,18,21-23,28-29,34-35,37,39-69H2,1-3H3/b10-7-,11-8-,19-16-,20-17-,26-24-,27-25-,32-30-,33-31-,38-36-. The smallest absolute Gasteiger partial charge is 0.306 e. The molecule has 0 spiro atoms. The number of carbonyl (C=O) groups is 3. The van der Waals surface area contributed by atoms with Crippen molar-refractivity contribution in [1.82, 2.24) is 0 Å². The van der Waals surface area contributed by atoms with Crippen LogP contribution in [0.15, 0.2) is 109 Å². The fourth-order valence-corrected chi connectivity index (χ4v) is 9.35. The number of hydrogen-bond donors (Lipinski definition) is 0. The van der Waals surface area contributed by atoms with Gasteiger partial charge in [-0.1, -0.05) is 304 Å². The van der Waals surface area contributed by atoms with Gasteiger partial charge in [0.1, 0.15) is 13.2 Å². The van der Waals surface area contributed by atoms with E-state index in [9.17, 15) is 14.4 Å². The lowest BCUT2D eigenvalue weighted by atomic mass is 10.0. The topological polar surface area (TPSA) is 78.9 Å². The third-order valence-electron chi connectivity index (χ3n) is 14.3. The van der Waals surface area contributed by atoms with E-state index in [0.29, 0.717) is 19.3 Å². The summed E-state index contributed by atoms with van der Waals surface area (Å²) in [5, 5.41) is 0. The average Bonchev–Trinajstić information content (AvgIpc) is 3.45. The highest BCUT2D eigenvalue weighted by Gasteiger charge is 2.19. The SMILES string of the molecule is CC/C=C\C/C=C\C/C=C\C/C=C\C/C=C\CCCCCCCCCCCC(=O)OCC(COC(=O)CCCCCCCCCCCCC)OC(=O)CCCCCCCCCCCCCC/C=C\C/C=C\C/C=C\C/C=C\CC. The Hall–Kier alpha value is -3.93. The molecule has 0 aliphatic carbocycles. The summed E-state index contributed by atoms with van der Waals surface area (Å²) < 4.78 is 16.9. The summed E-state index contributed by atoms with van der Waals surface area (Å²) in [6.45, 7) is 6.43. The molecule has 6 heteroatoms. The Balaban J connectivity index is 4.28. The maximum Gasteiger partial charge on any atom is 0.306 e. The molecule has 0 aromatic heterocycles. The van der Waals surface area contributed by atoms with Crippen LogP contribution in [0.1, 0.15) is 316 Å². The van der Waals surface area contributed by atoms with Crippen LogP contribution in [0.2, 0.25) is 0 Å². The van der Waals surface area contributed by atoms with Crippen LogP contribution in [0.25, 0.3) is 0 Å². The van der Waals surface area contributed by atoms with Crippen molar-refractivity contribution in [2.24, 2.45) is 0 Å². The first-order chi connectivity index (χ1) is 39.0. The minimum Gasteiger partial charge on any atom is -0.462 e. The van der Waals surface area contributed by atoms with Crippen LogP contribution in [0.3, 0.4) is 0 Å². The molecule has 0 aromatic carbocycles. The second-order valence-corrected chi connectivity index (χ2v) is 22.0. The zero-order chi connectivity index (χ0) is 57.1. The molecule has 1 unspecified atom stereocenters. The Labute approximate surface area is 489 Å². The van der Waals surface area contributed by atoms with Crippen molar-refractivity contribution in [3.8, 4) is 0 Å². The van der Waals surface area contributed by atoms with E-state index < -0.39 is 6.10 Å². The van der Waals surface area contributed by atoms with Gasteiger partial charge < -0.3 is 14.2 Å². The first-order valence-electron chi connectivity index (χ1n) is 33.4. The van der Waals surface area contributed by atoms with E-state index in [-0.39, 0.29) is 31.1 Å². The van der Waals surface area contributed by atoms with Gasteiger partial charge in [0.05, 0.1) is 0 Å². The summed E-state index contributed by atoms with van der Waals surface area (Å²) in [5.74, 6) is -0.876. The molecule has 0 fully saturated rings. The van der Waals surface area contributed by atoms with Crippen molar-refractivity contribution in [1.29, 1.82) is 0 Å². The molecule has 1 atom stereocenters. The molecule has 0 N–H and O–H groups in total. The summed E-state index contributed by atoms with van der Waals surface area (Å²) >= 11 is 0. The summed E-state index contributed by atoms with van der Waals surface area (Å²) in [6, 6.07) is 0. The van der Waals surface area contributed by atoms with Gasteiger partial charge in [0, 0.05) is 19.3 Å². The fourth-order valence-electron chi connectivity index (χ4n) is 9.35. The van der Waals surface area contributed by atoms with Gasteiger partial charge in [-0.05, 0) is 103 Å². The number of allylic oxidation sites excluding steroid dienone is 18. The predicted molar refractivity (Wildman–Crippen MR) is 343 cm³/mol. The molecule has 79 heavy (non-hydrogen) atoms. The van der Waals surface area contributed by atoms with Gasteiger partial charge in [0.2, 0.25) is 0 Å². The highest BCUT2D eigenvalue weighted by atomic mass is 16.6. The third-order valence-corrected chi connectivity index (χ3v) is 14.3. The van der Waals surface area contributed by atoms with Crippen LogP contribution in [0.4, 0.5) is 0 Å². The van der Waals surface area contributed by atoms with Crippen LogP contribution in [-0.4, -0.2) is 37.2 Å². The Kier molecular flexibility index (Phi) is 63.3. The molecule has 0 rings (SSSR count). The van der Waals surface area contributed by atoms with E-state index in [4.69, 9.17) is 14.2 Å². The van der Waals surface area contributed by atoms with Crippen LogP contribution in [0.5, 0.6) is 0 Å². The number of carbonyl (C=O) groups excluding carboxylic acids is 3. The Morgan fingerprint density at radius 2 is 0.494 bits per heavy atom. The van der Waals surface area contributed by atoms with Crippen LogP contribution in [-0.2, 0) is 28.6 Å². The van der Waals surface area contributed by atoms with Crippen molar-refractivity contribution in [3.05, 3.63) is 109 Å². The lowest BCUT2D eigenvalue weighted by Gasteiger charge is -2.18. The summed E-state index contributed by atoms with van der Waals surface area (Å²) in [7, 11) is 0. The molecular formula is C73H124O6. The van der Waals surface area contributed by atoms with Gasteiger partial charge in [0.25, 0.3) is 0 Å². The first-order valence-corrected chi connectivity index (χ1v) is 33.4. The first kappa shape index (κ1) is 75.1. The van der Waals surface area contributed by atoms with Gasteiger partial charge >= 0.3 is 17.9 Å². The Morgan fingerprint density at radius 1 is 0.266 bits per heavy atom. The number of ether oxygens (including phenoxy) is 3. The zero-order valence-corrected chi connectivity index (χ0v) is 51.9. The maximum atomic E-state index is 12.9. The quantitative estimate of drug-likeness (QED) is 0.0261. The molecule has 6 nitrogen and oxygen atoms in total. The van der Waals surface area contributed by atoms with Crippen molar-refractivity contribution in [2.75, 3.05) is 13.2 Å². The van der Waals surface area contributed by atoms with Gasteiger partial charge in [0.15, 0.2) is 6.10 Å². The number of hydrogen-bond acceptors (Lipinski definition) is 6. The lowest BCUT2D eigenvalue weighted by Crippen LogP contribution is -2.30.